The van der Waals surface area contributed by atoms with E-state index in [-0.39, 0.29) is 5.91 Å². The van der Waals surface area contributed by atoms with Gasteiger partial charge in [0.25, 0.3) is 0 Å². The quantitative estimate of drug-likeness (QED) is 0.656. The number of urea groups is 1. The van der Waals surface area contributed by atoms with Crippen molar-refractivity contribution in [1.29, 1.82) is 0 Å². The molecule has 2 N–H and O–H groups in total. The standard InChI is InChI=1S/C10H20N4O2/c1-3-13-4-6-14(7-5-13)8-9(15)12-10(16)11-2/h3-8H2,1-2H3,(H2,11,12,15,16). The molecule has 6 nitrogen and oxygen atoms in total. The van der Waals surface area contributed by atoms with Gasteiger partial charge in [0.2, 0.25) is 5.91 Å². The lowest BCUT2D eigenvalue weighted by Crippen LogP contribution is -2.50. The summed E-state index contributed by atoms with van der Waals surface area (Å²) >= 11 is 0. The van der Waals surface area contributed by atoms with E-state index in [1.807, 2.05) is 0 Å². The second kappa shape index (κ2) is 6.44. The number of imide groups is 1. The molecule has 0 aliphatic carbocycles. The number of carbonyl (C=O) groups excluding carboxylic acids is 2. The number of hydrogen-bond donors (Lipinski definition) is 2. The van der Waals surface area contributed by atoms with Crippen LogP contribution in [0.3, 0.4) is 0 Å². The van der Waals surface area contributed by atoms with Crippen molar-refractivity contribution in [3.8, 4) is 0 Å². The van der Waals surface area contributed by atoms with Gasteiger partial charge in [0.05, 0.1) is 6.54 Å². The van der Waals surface area contributed by atoms with Crippen molar-refractivity contribution in [3.63, 3.8) is 0 Å². The average molecular weight is 228 g/mol. The number of amides is 3. The molecule has 0 aromatic heterocycles. The van der Waals surface area contributed by atoms with Crippen LogP contribution >= 0.6 is 0 Å². The van der Waals surface area contributed by atoms with Gasteiger partial charge in [0.1, 0.15) is 0 Å². The lowest BCUT2D eigenvalue weighted by Gasteiger charge is -2.33. The molecular weight excluding hydrogens is 208 g/mol. The van der Waals surface area contributed by atoms with Gasteiger partial charge >= 0.3 is 6.03 Å². The van der Waals surface area contributed by atoms with Gasteiger partial charge in [0, 0.05) is 33.2 Å². The van der Waals surface area contributed by atoms with Crippen molar-refractivity contribution in [2.75, 3.05) is 46.3 Å². The molecule has 0 aromatic carbocycles. The Morgan fingerprint density at radius 2 is 1.69 bits per heavy atom. The number of nitrogens with one attached hydrogen (secondary N) is 2. The minimum absolute atomic E-state index is 0.246. The molecule has 6 heteroatoms. The van der Waals surface area contributed by atoms with E-state index in [9.17, 15) is 9.59 Å². The van der Waals surface area contributed by atoms with Gasteiger partial charge in [-0.15, -0.1) is 0 Å². The van der Waals surface area contributed by atoms with Crippen molar-refractivity contribution in [3.05, 3.63) is 0 Å². The fraction of sp³-hybridized carbons (Fsp3) is 0.800. The Morgan fingerprint density at radius 3 is 2.19 bits per heavy atom. The zero-order valence-corrected chi connectivity index (χ0v) is 9.95. The highest BCUT2D eigenvalue weighted by atomic mass is 16.2. The molecule has 0 bridgehead atoms. The lowest BCUT2D eigenvalue weighted by molar-refractivity contribution is -0.121. The minimum Gasteiger partial charge on any atom is -0.341 e. The summed E-state index contributed by atoms with van der Waals surface area (Å²) in [5.74, 6) is -0.246. The summed E-state index contributed by atoms with van der Waals surface area (Å²) in [6, 6.07) is -0.447. The van der Waals surface area contributed by atoms with Crippen molar-refractivity contribution in [1.82, 2.24) is 20.4 Å². The van der Waals surface area contributed by atoms with Crippen LogP contribution in [0.15, 0.2) is 0 Å². The maximum absolute atomic E-state index is 11.4. The normalized spacial score (nSPS) is 18.1. The van der Waals surface area contributed by atoms with E-state index in [2.05, 4.69) is 27.4 Å². The minimum atomic E-state index is -0.447. The lowest BCUT2D eigenvalue weighted by atomic mass is 10.3. The molecule has 1 heterocycles. The number of nitrogens with zero attached hydrogens (tertiary/aromatic N) is 2. The zero-order chi connectivity index (χ0) is 12.0. The average Bonchev–Trinajstić information content (AvgIpc) is 2.29. The van der Waals surface area contributed by atoms with Crippen LogP contribution in [0, 0.1) is 0 Å². The molecule has 0 spiro atoms. The van der Waals surface area contributed by atoms with E-state index in [1.165, 1.54) is 7.05 Å². The maximum Gasteiger partial charge on any atom is 0.321 e. The smallest absolute Gasteiger partial charge is 0.321 e. The molecule has 0 aromatic rings. The Morgan fingerprint density at radius 1 is 1.12 bits per heavy atom. The monoisotopic (exact) mass is 228 g/mol. The van der Waals surface area contributed by atoms with Gasteiger partial charge < -0.3 is 10.2 Å². The van der Waals surface area contributed by atoms with Gasteiger partial charge in [0.15, 0.2) is 0 Å². The molecule has 0 atom stereocenters. The van der Waals surface area contributed by atoms with E-state index in [0.29, 0.717) is 6.54 Å². The van der Waals surface area contributed by atoms with Crippen LogP contribution in [0.4, 0.5) is 4.79 Å². The van der Waals surface area contributed by atoms with E-state index in [4.69, 9.17) is 0 Å². The van der Waals surface area contributed by atoms with Crippen molar-refractivity contribution >= 4 is 11.9 Å². The van der Waals surface area contributed by atoms with Crippen LogP contribution in [0.2, 0.25) is 0 Å². The molecule has 3 amide bonds. The third-order valence-corrected chi connectivity index (χ3v) is 2.76. The third-order valence-electron chi connectivity index (χ3n) is 2.76. The Balaban J connectivity index is 2.23. The summed E-state index contributed by atoms with van der Waals surface area (Å²) in [6.07, 6.45) is 0. The van der Waals surface area contributed by atoms with E-state index >= 15 is 0 Å². The molecule has 1 aliphatic rings. The zero-order valence-electron chi connectivity index (χ0n) is 9.95. The number of rotatable bonds is 3. The first kappa shape index (κ1) is 12.9. The molecule has 1 rings (SSSR count). The highest BCUT2D eigenvalue weighted by molar-refractivity contribution is 5.95. The third kappa shape index (κ3) is 4.16. The number of carbonyl (C=O) groups is 2. The Labute approximate surface area is 96.0 Å². The summed E-state index contributed by atoms with van der Waals surface area (Å²) in [5.41, 5.74) is 0. The number of piperazine rings is 1. The van der Waals surface area contributed by atoms with Crippen molar-refractivity contribution < 1.29 is 9.59 Å². The fourth-order valence-electron chi connectivity index (χ4n) is 1.70. The molecule has 1 fully saturated rings. The predicted octanol–water partition coefficient (Wildman–Crippen LogP) is -0.920. The van der Waals surface area contributed by atoms with Crippen LogP contribution < -0.4 is 10.6 Å². The first-order valence-electron chi connectivity index (χ1n) is 5.62. The first-order chi connectivity index (χ1) is 7.65. The summed E-state index contributed by atoms with van der Waals surface area (Å²) in [5, 5.41) is 4.61. The second-order valence-corrected chi connectivity index (χ2v) is 3.84. The highest BCUT2D eigenvalue weighted by Crippen LogP contribution is 2.00. The van der Waals surface area contributed by atoms with Gasteiger partial charge in [-0.2, -0.15) is 0 Å². The predicted molar refractivity (Wildman–Crippen MR) is 61.2 cm³/mol. The molecule has 0 radical (unpaired) electrons. The molecule has 0 unspecified atom stereocenters. The highest BCUT2D eigenvalue weighted by Gasteiger charge is 2.18. The molecule has 1 saturated heterocycles. The Bertz CT molecular complexity index is 249. The fourth-order valence-corrected chi connectivity index (χ4v) is 1.70. The van der Waals surface area contributed by atoms with Gasteiger partial charge in [-0.3, -0.25) is 15.0 Å². The van der Waals surface area contributed by atoms with Gasteiger partial charge in [-0.1, -0.05) is 6.92 Å². The summed E-state index contributed by atoms with van der Waals surface area (Å²) in [7, 11) is 1.49. The molecule has 16 heavy (non-hydrogen) atoms. The van der Waals surface area contributed by atoms with Crippen LogP contribution in [0.1, 0.15) is 6.92 Å². The Hall–Kier alpha value is -1.14. The van der Waals surface area contributed by atoms with Gasteiger partial charge in [-0.05, 0) is 6.54 Å². The topological polar surface area (TPSA) is 64.7 Å². The molecule has 0 saturated carbocycles. The van der Waals surface area contributed by atoms with Crippen molar-refractivity contribution in [2.24, 2.45) is 0 Å². The molecular formula is C10H20N4O2. The molecule has 1 aliphatic heterocycles. The molecule has 92 valence electrons. The van der Waals surface area contributed by atoms with Crippen LogP contribution in [0.25, 0.3) is 0 Å². The second-order valence-electron chi connectivity index (χ2n) is 3.84. The number of hydrogen-bond acceptors (Lipinski definition) is 4. The number of likely N-dealkylation sites (N-methyl/N-ethyl adjacent to an activating group) is 1. The summed E-state index contributed by atoms with van der Waals surface area (Å²) in [6.45, 7) is 7.23. The largest absolute Gasteiger partial charge is 0.341 e. The van der Waals surface area contributed by atoms with Crippen LogP contribution in [-0.4, -0.2) is 68.1 Å². The summed E-state index contributed by atoms with van der Waals surface area (Å²) in [4.78, 5) is 26.7. The van der Waals surface area contributed by atoms with Crippen molar-refractivity contribution in [2.45, 2.75) is 6.92 Å². The Kier molecular flexibility index (Phi) is 5.21. The van der Waals surface area contributed by atoms with Gasteiger partial charge in [-0.25, -0.2) is 4.79 Å². The van der Waals surface area contributed by atoms with E-state index < -0.39 is 6.03 Å². The maximum atomic E-state index is 11.4. The van der Waals surface area contributed by atoms with Crippen LogP contribution in [-0.2, 0) is 4.79 Å². The van der Waals surface area contributed by atoms with E-state index in [1.54, 1.807) is 0 Å². The SMILES string of the molecule is CCN1CCN(CC(=O)NC(=O)NC)CC1. The van der Waals surface area contributed by atoms with Crippen LogP contribution in [0.5, 0.6) is 0 Å². The van der Waals surface area contributed by atoms with E-state index in [0.717, 1.165) is 32.7 Å². The first-order valence-corrected chi connectivity index (χ1v) is 5.62. The summed E-state index contributed by atoms with van der Waals surface area (Å²) < 4.78 is 0.